The summed E-state index contributed by atoms with van der Waals surface area (Å²) in [6.45, 7) is 0.740. The molecule has 1 aliphatic carbocycles. The molecule has 94 valence electrons. The predicted octanol–water partition coefficient (Wildman–Crippen LogP) is 1.13. The van der Waals surface area contributed by atoms with Crippen LogP contribution < -0.4 is 10.6 Å². The normalized spacial score (nSPS) is 15.6. The van der Waals surface area contributed by atoms with Crippen LogP contribution in [0.15, 0.2) is 11.2 Å². The highest BCUT2D eigenvalue weighted by Gasteiger charge is 2.26. The first-order valence-corrected chi connectivity index (χ1v) is 7.03. The second-order valence-electron chi connectivity index (χ2n) is 4.14. The Labute approximate surface area is 105 Å². The molecule has 1 aromatic heterocycles. The Morgan fingerprint density at radius 1 is 1.53 bits per heavy atom. The number of nitrogens with two attached hydrogens (primary N) is 1. The van der Waals surface area contributed by atoms with Crippen LogP contribution in [0.4, 0.5) is 11.6 Å². The maximum absolute atomic E-state index is 9.14. The van der Waals surface area contributed by atoms with E-state index in [0.717, 1.165) is 5.82 Å². The highest BCUT2D eigenvalue weighted by atomic mass is 32.2. The zero-order valence-electron chi connectivity index (χ0n) is 9.96. The van der Waals surface area contributed by atoms with Crippen molar-refractivity contribution in [1.29, 1.82) is 0 Å². The molecule has 1 fully saturated rings. The number of thioether (sulfide) groups is 1. The average molecular weight is 254 g/mol. The van der Waals surface area contributed by atoms with E-state index in [0.29, 0.717) is 23.6 Å². The molecule has 0 aromatic carbocycles. The van der Waals surface area contributed by atoms with E-state index >= 15 is 0 Å². The lowest BCUT2D eigenvalue weighted by Crippen LogP contribution is -2.42. The summed E-state index contributed by atoms with van der Waals surface area (Å²) in [6, 6.07) is 2.28. The molecule has 1 aromatic rings. The highest BCUT2D eigenvalue weighted by molar-refractivity contribution is 7.98. The zero-order valence-corrected chi connectivity index (χ0v) is 10.8. The standard InChI is InChI=1S/C11H18N4OS/c1-17-11-13-9(12)7-10(14-11)15(5-6-16)8-3-2-4-8/h7-8,16H,2-6H2,1H3,(H2,12,13,14). The molecule has 0 unspecified atom stereocenters. The molecule has 0 spiro atoms. The fourth-order valence-corrected chi connectivity index (χ4v) is 2.34. The van der Waals surface area contributed by atoms with Crippen molar-refractivity contribution in [3.63, 3.8) is 0 Å². The first kappa shape index (κ1) is 12.4. The van der Waals surface area contributed by atoms with Gasteiger partial charge < -0.3 is 15.7 Å². The van der Waals surface area contributed by atoms with Crippen molar-refractivity contribution in [3.8, 4) is 0 Å². The van der Waals surface area contributed by atoms with E-state index in [4.69, 9.17) is 10.8 Å². The topological polar surface area (TPSA) is 75.3 Å². The summed E-state index contributed by atoms with van der Waals surface area (Å²) in [5, 5.41) is 9.82. The molecule has 5 nitrogen and oxygen atoms in total. The molecular weight excluding hydrogens is 236 g/mol. The fourth-order valence-electron chi connectivity index (χ4n) is 1.96. The number of rotatable bonds is 5. The highest BCUT2D eigenvalue weighted by Crippen LogP contribution is 2.29. The summed E-state index contributed by atoms with van der Waals surface area (Å²) < 4.78 is 0. The van der Waals surface area contributed by atoms with Crippen molar-refractivity contribution < 1.29 is 5.11 Å². The van der Waals surface area contributed by atoms with Crippen LogP contribution in [-0.4, -0.2) is 40.5 Å². The summed E-state index contributed by atoms with van der Waals surface area (Å²) in [4.78, 5) is 10.7. The molecule has 0 amide bonds. The third-order valence-electron chi connectivity index (χ3n) is 3.05. The Hall–Kier alpha value is -1.01. The van der Waals surface area contributed by atoms with Crippen LogP contribution in [0.25, 0.3) is 0 Å². The predicted molar refractivity (Wildman–Crippen MR) is 70.3 cm³/mol. The number of aliphatic hydroxyl groups excluding tert-OH is 1. The molecule has 0 radical (unpaired) electrons. The summed E-state index contributed by atoms with van der Waals surface area (Å²) in [5.41, 5.74) is 5.77. The number of nitrogens with zero attached hydrogens (tertiary/aromatic N) is 3. The van der Waals surface area contributed by atoms with Crippen LogP contribution in [0, 0.1) is 0 Å². The van der Waals surface area contributed by atoms with E-state index in [1.807, 2.05) is 6.26 Å². The quantitative estimate of drug-likeness (QED) is 0.606. The first-order valence-electron chi connectivity index (χ1n) is 5.80. The van der Waals surface area contributed by atoms with Gasteiger partial charge in [0, 0.05) is 18.7 Å². The molecule has 17 heavy (non-hydrogen) atoms. The smallest absolute Gasteiger partial charge is 0.191 e. The lowest BCUT2D eigenvalue weighted by atomic mass is 9.91. The van der Waals surface area contributed by atoms with Gasteiger partial charge in [0.2, 0.25) is 0 Å². The first-order chi connectivity index (χ1) is 8.24. The second-order valence-corrected chi connectivity index (χ2v) is 4.91. The molecule has 0 atom stereocenters. The van der Waals surface area contributed by atoms with E-state index in [2.05, 4.69) is 14.9 Å². The minimum atomic E-state index is 0.134. The van der Waals surface area contributed by atoms with Gasteiger partial charge in [0.25, 0.3) is 0 Å². The summed E-state index contributed by atoms with van der Waals surface area (Å²) >= 11 is 1.48. The third kappa shape index (κ3) is 2.81. The second kappa shape index (κ2) is 5.55. The molecule has 1 heterocycles. The molecule has 1 aliphatic rings. The Balaban J connectivity index is 2.24. The minimum absolute atomic E-state index is 0.134. The summed E-state index contributed by atoms with van der Waals surface area (Å²) in [6.07, 6.45) is 5.51. The monoisotopic (exact) mass is 254 g/mol. The molecular formula is C11H18N4OS. The molecule has 3 N–H and O–H groups in total. The van der Waals surface area contributed by atoms with Gasteiger partial charge in [-0.3, -0.25) is 0 Å². The molecule has 0 aliphatic heterocycles. The molecule has 6 heteroatoms. The van der Waals surface area contributed by atoms with E-state index in [9.17, 15) is 0 Å². The van der Waals surface area contributed by atoms with Gasteiger partial charge in [0.15, 0.2) is 5.16 Å². The maximum Gasteiger partial charge on any atom is 0.191 e. The third-order valence-corrected chi connectivity index (χ3v) is 3.59. The van der Waals surface area contributed by atoms with Crippen molar-refractivity contribution in [3.05, 3.63) is 6.07 Å². The van der Waals surface area contributed by atoms with Gasteiger partial charge in [0.05, 0.1) is 6.61 Å². The van der Waals surface area contributed by atoms with E-state index in [1.54, 1.807) is 6.07 Å². The number of hydrogen-bond acceptors (Lipinski definition) is 6. The minimum Gasteiger partial charge on any atom is -0.395 e. The SMILES string of the molecule is CSc1nc(N)cc(N(CCO)C2CCC2)n1. The molecule has 0 saturated heterocycles. The van der Waals surface area contributed by atoms with Gasteiger partial charge in [-0.2, -0.15) is 0 Å². The number of anilines is 2. The Kier molecular flexibility index (Phi) is 4.06. The van der Waals surface area contributed by atoms with Crippen LogP contribution in [0.2, 0.25) is 0 Å². The molecule has 1 saturated carbocycles. The van der Waals surface area contributed by atoms with E-state index in [1.165, 1.54) is 31.0 Å². The number of aliphatic hydroxyl groups is 1. The van der Waals surface area contributed by atoms with Crippen molar-refractivity contribution in [2.24, 2.45) is 0 Å². The fraction of sp³-hybridized carbons (Fsp3) is 0.636. The van der Waals surface area contributed by atoms with E-state index < -0.39 is 0 Å². The van der Waals surface area contributed by atoms with Crippen molar-refractivity contribution >= 4 is 23.4 Å². The Bertz CT molecular complexity index is 384. The Morgan fingerprint density at radius 2 is 2.29 bits per heavy atom. The van der Waals surface area contributed by atoms with Crippen LogP contribution in [0.1, 0.15) is 19.3 Å². The number of nitrogen functional groups attached to an aromatic ring is 1. The van der Waals surface area contributed by atoms with Crippen LogP contribution in [0.5, 0.6) is 0 Å². The van der Waals surface area contributed by atoms with Gasteiger partial charge in [0.1, 0.15) is 11.6 Å². The van der Waals surface area contributed by atoms with Crippen LogP contribution in [0.3, 0.4) is 0 Å². The van der Waals surface area contributed by atoms with Crippen molar-refractivity contribution in [2.45, 2.75) is 30.5 Å². The molecule has 0 bridgehead atoms. The van der Waals surface area contributed by atoms with E-state index in [-0.39, 0.29) is 6.61 Å². The van der Waals surface area contributed by atoms with Gasteiger partial charge in [-0.1, -0.05) is 11.8 Å². The number of hydrogen-bond donors (Lipinski definition) is 2. The summed E-state index contributed by atoms with van der Waals surface area (Å²) in [5.74, 6) is 1.32. The van der Waals surface area contributed by atoms with Gasteiger partial charge in [-0.25, -0.2) is 9.97 Å². The van der Waals surface area contributed by atoms with Crippen LogP contribution >= 0.6 is 11.8 Å². The number of aromatic nitrogens is 2. The largest absolute Gasteiger partial charge is 0.395 e. The molecule has 2 rings (SSSR count). The van der Waals surface area contributed by atoms with Gasteiger partial charge in [-0.05, 0) is 25.5 Å². The Morgan fingerprint density at radius 3 is 2.82 bits per heavy atom. The zero-order chi connectivity index (χ0) is 12.3. The summed E-state index contributed by atoms with van der Waals surface area (Å²) in [7, 11) is 0. The lowest BCUT2D eigenvalue weighted by Gasteiger charge is -2.38. The van der Waals surface area contributed by atoms with Crippen molar-refractivity contribution in [2.75, 3.05) is 30.0 Å². The van der Waals surface area contributed by atoms with Crippen molar-refractivity contribution in [1.82, 2.24) is 9.97 Å². The average Bonchev–Trinajstić information content (AvgIpc) is 2.25. The van der Waals surface area contributed by atoms with Gasteiger partial charge >= 0.3 is 0 Å². The van der Waals surface area contributed by atoms with Crippen LogP contribution in [-0.2, 0) is 0 Å². The maximum atomic E-state index is 9.14. The van der Waals surface area contributed by atoms with Gasteiger partial charge in [-0.15, -0.1) is 0 Å². The lowest BCUT2D eigenvalue weighted by molar-refractivity contribution is 0.282.